The SMILES string of the molecule is CCOc1cc(C(O)c2cncnc2)ccc1OC(F)F. The van der Waals surface area contributed by atoms with Crippen molar-refractivity contribution in [3.05, 3.63) is 48.0 Å². The van der Waals surface area contributed by atoms with Crippen molar-refractivity contribution < 1.29 is 23.4 Å². The summed E-state index contributed by atoms with van der Waals surface area (Å²) in [6, 6.07) is 4.27. The molecule has 0 radical (unpaired) electrons. The highest BCUT2D eigenvalue weighted by Gasteiger charge is 2.16. The zero-order valence-electron chi connectivity index (χ0n) is 11.2. The first kappa shape index (κ1) is 15.1. The number of rotatable bonds is 6. The highest BCUT2D eigenvalue weighted by Crippen LogP contribution is 2.33. The number of benzene rings is 1. The van der Waals surface area contributed by atoms with Crippen LogP contribution in [-0.4, -0.2) is 28.3 Å². The fraction of sp³-hybridized carbons (Fsp3) is 0.286. The molecule has 0 fully saturated rings. The lowest BCUT2D eigenvalue weighted by molar-refractivity contribution is -0.0514. The van der Waals surface area contributed by atoms with E-state index in [1.54, 1.807) is 6.92 Å². The van der Waals surface area contributed by atoms with Gasteiger partial charge in [-0.2, -0.15) is 8.78 Å². The van der Waals surface area contributed by atoms with Gasteiger partial charge in [0, 0.05) is 18.0 Å². The number of hydrogen-bond acceptors (Lipinski definition) is 5. The summed E-state index contributed by atoms with van der Waals surface area (Å²) in [7, 11) is 0. The predicted octanol–water partition coefficient (Wildman–Crippen LogP) is 2.56. The molecule has 0 aliphatic carbocycles. The lowest BCUT2D eigenvalue weighted by atomic mass is 10.0. The van der Waals surface area contributed by atoms with Gasteiger partial charge in [-0.3, -0.25) is 0 Å². The van der Waals surface area contributed by atoms with E-state index >= 15 is 0 Å². The molecule has 0 aliphatic rings. The van der Waals surface area contributed by atoms with Gasteiger partial charge >= 0.3 is 6.61 Å². The van der Waals surface area contributed by atoms with E-state index in [1.807, 2.05) is 0 Å². The third-order valence-corrected chi connectivity index (χ3v) is 2.70. The number of nitrogens with zero attached hydrogens (tertiary/aromatic N) is 2. The molecule has 0 spiro atoms. The van der Waals surface area contributed by atoms with Crippen molar-refractivity contribution in [3.8, 4) is 11.5 Å². The fourth-order valence-electron chi connectivity index (χ4n) is 1.80. The lowest BCUT2D eigenvalue weighted by Crippen LogP contribution is -2.06. The zero-order chi connectivity index (χ0) is 15.2. The van der Waals surface area contributed by atoms with E-state index in [4.69, 9.17) is 4.74 Å². The van der Waals surface area contributed by atoms with Crippen molar-refractivity contribution in [1.82, 2.24) is 9.97 Å². The van der Waals surface area contributed by atoms with E-state index < -0.39 is 12.7 Å². The second-order valence-corrected chi connectivity index (χ2v) is 4.09. The second-order valence-electron chi connectivity index (χ2n) is 4.09. The van der Waals surface area contributed by atoms with Gasteiger partial charge in [-0.15, -0.1) is 0 Å². The van der Waals surface area contributed by atoms with Gasteiger partial charge in [0.1, 0.15) is 12.4 Å². The molecule has 21 heavy (non-hydrogen) atoms. The van der Waals surface area contributed by atoms with E-state index in [2.05, 4.69) is 14.7 Å². The molecule has 1 unspecified atom stereocenters. The Labute approximate surface area is 120 Å². The molecular weight excluding hydrogens is 282 g/mol. The van der Waals surface area contributed by atoms with Crippen molar-refractivity contribution in [2.75, 3.05) is 6.61 Å². The number of aliphatic hydroxyl groups excluding tert-OH is 1. The summed E-state index contributed by atoms with van der Waals surface area (Å²) >= 11 is 0. The van der Waals surface area contributed by atoms with E-state index in [1.165, 1.54) is 36.9 Å². The number of hydrogen-bond donors (Lipinski definition) is 1. The Morgan fingerprint density at radius 3 is 2.48 bits per heavy atom. The van der Waals surface area contributed by atoms with Crippen LogP contribution >= 0.6 is 0 Å². The predicted molar refractivity (Wildman–Crippen MR) is 70.3 cm³/mol. The first-order valence-electron chi connectivity index (χ1n) is 6.26. The molecule has 2 rings (SSSR count). The second kappa shape index (κ2) is 6.94. The minimum Gasteiger partial charge on any atom is -0.490 e. The summed E-state index contributed by atoms with van der Waals surface area (Å²) < 4.78 is 34.3. The first-order chi connectivity index (χ1) is 10.1. The van der Waals surface area contributed by atoms with Gasteiger partial charge in [0.25, 0.3) is 0 Å². The molecule has 1 heterocycles. The van der Waals surface area contributed by atoms with Crippen LogP contribution in [-0.2, 0) is 0 Å². The van der Waals surface area contributed by atoms with E-state index in [-0.39, 0.29) is 18.1 Å². The molecule has 0 saturated carbocycles. The maximum absolute atomic E-state index is 12.3. The molecule has 7 heteroatoms. The van der Waals surface area contributed by atoms with Gasteiger partial charge in [0.05, 0.1) is 6.61 Å². The molecule has 0 bridgehead atoms. The summed E-state index contributed by atoms with van der Waals surface area (Å²) in [5, 5.41) is 10.2. The average molecular weight is 296 g/mol. The topological polar surface area (TPSA) is 64.5 Å². The van der Waals surface area contributed by atoms with Crippen molar-refractivity contribution in [2.45, 2.75) is 19.6 Å². The molecule has 2 aromatic rings. The lowest BCUT2D eigenvalue weighted by Gasteiger charge is -2.15. The Morgan fingerprint density at radius 1 is 1.14 bits per heavy atom. The van der Waals surface area contributed by atoms with Crippen LogP contribution in [0.1, 0.15) is 24.2 Å². The monoisotopic (exact) mass is 296 g/mol. The molecule has 5 nitrogen and oxygen atoms in total. The number of ether oxygens (including phenoxy) is 2. The zero-order valence-corrected chi connectivity index (χ0v) is 11.2. The highest BCUT2D eigenvalue weighted by atomic mass is 19.3. The molecular formula is C14H14F2N2O3. The summed E-state index contributed by atoms with van der Waals surface area (Å²) in [5.74, 6) is 0.0679. The third-order valence-electron chi connectivity index (χ3n) is 2.70. The molecule has 1 aromatic heterocycles. The fourth-order valence-corrected chi connectivity index (χ4v) is 1.80. The Kier molecular flexibility index (Phi) is 4.99. The number of aliphatic hydroxyl groups is 1. The number of halogens is 2. The standard InChI is InChI=1S/C14H14F2N2O3/c1-2-20-12-5-9(3-4-11(12)21-14(15)16)13(19)10-6-17-8-18-7-10/h3-8,13-14,19H,2H2,1H3. The summed E-state index contributed by atoms with van der Waals surface area (Å²) in [6.45, 7) is -0.934. The maximum Gasteiger partial charge on any atom is 0.387 e. The quantitative estimate of drug-likeness (QED) is 0.887. The van der Waals surface area contributed by atoms with Gasteiger partial charge in [0.15, 0.2) is 11.5 Å². The van der Waals surface area contributed by atoms with Crippen LogP contribution in [0.5, 0.6) is 11.5 Å². The summed E-state index contributed by atoms with van der Waals surface area (Å²) in [5.41, 5.74) is 0.956. The van der Waals surface area contributed by atoms with Crippen LogP contribution in [0.15, 0.2) is 36.9 Å². The van der Waals surface area contributed by atoms with Crippen LogP contribution in [0.3, 0.4) is 0 Å². The molecule has 1 aromatic carbocycles. The van der Waals surface area contributed by atoms with Crippen molar-refractivity contribution in [1.29, 1.82) is 0 Å². The maximum atomic E-state index is 12.3. The highest BCUT2D eigenvalue weighted by molar-refractivity contribution is 5.45. The Hall–Kier alpha value is -2.28. The van der Waals surface area contributed by atoms with Gasteiger partial charge < -0.3 is 14.6 Å². The minimum atomic E-state index is -2.94. The van der Waals surface area contributed by atoms with Crippen molar-refractivity contribution in [3.63, 3.8) is 0 Å². The van der Waals surface area contributed by atoms with E-state index in [0.29, 0.717) is 11.1 Å². The molecule has 0 saturated heterocycles. The molecule has 1 atom stereocenters. The van der Waals surface area contributed by atoms with Gasteiger partial charge in [-0.1, -0.05) is 6.07 Å². The summed E-state index contributed by atoms with van der Waals surface area (Å²) in [4.78, 5) is 7.64. The molecule has 1 N–H and O–H groups in total. The Morgan fingerprint density at radius 2 is 1.86 bits per heavy atom. The Balaban J connectivity index is 2.30. The first-order valence-corrected chi connectivity index (χ1v) is 6.26. The largest absolute Gasteiger partial charge is 0.490 e. The van der Waals surface area contributed by atoms with Crippen LogP contribution in [0.2, 0.25) is 0 Å². The number of alkyl halides is 2. The van der Waals surface area contributed by atoms with Gasteiger partial charge in [0.2, 0.25) is 0 Å². The van der Waals surface area contributed by atoms with Gasteiger partial charge in [-0.05, 0) is 24.6 Å². The van der Waals surface area contributed by atoms with Crippen LogP contribution < -0.4 is 9.47 Å². The molecule has 0 aliphatic heterocycles. The molecule has 0 amide bonds. The number of aromatic nitrogens is 2. The minimum absolute atomic E-state index is 0.0767. The van der Waals surface area contributed by atoms with Crippen molar-refractivity contribution >= 4 is 0 Å². The smallest absolute Gasteiger partial charge is 0.387 e. The average Bonchev–Trinajstić information content (AvgIpc) is 2.49. The summed E-state index contributed by atoms with van der Waals surface area (Å²) in [6.07, 6.45) is 3.32. The van der Waals surface area contributed by atoms with Gasteiger partial charge in [-0.25, -0.2) is 9.97 Å². The van der Waals surface area contributed by atoms with Crippen LogP contribution in [0.4, 0.5) is 8.78 Å². The van der Waals surface area contributed by atoms with E-state index in [0.717, 1.165) is 0 Å². The van der Waals surface area contributed by atoms with Crippen LogP contribution in [0.25, 0.3) is 0 Å². The van der Waals surface area contributed by atoms with Crippen LogP contribution in [0, 0.1) is 0 Å². The normalized spacial score (nSPS) is 12.2. The third kappa shape index (κ3) is 3.85. The van der Waals surface area contributed by atoms with Crippen molar-refractivity contribution in [2.24, 2.45) is 0 Å². The van der Waals surface area contributed by atoms with E-state index in [9.17, 15) is 13.9 Å². The molecule has 112 valence electrons. The Bertz CT molecular complexity index is 582.